The van der Waals surface area contributed by atoms with E-state index in [0.717, 1.165) is 22.8 Å². The van der Waals surface area contributed by atoms with Crippen LogP contribution in [0.1, 0.15) is 38.4 Å². The van der Waals surface area contributed by atoms with E-state index in [1.54, 1.807) is 13.8 Å². The van der Waals surface area contributed by atoms with Crippen molar-refractivity contribution < 1.29 is 28.5 Å². The van der Waals surface area contributed by atoms with Crippen molar-refractivity contribution in [2.45, 2.75) is 39.1 Å². The molecule has 2 aromatic rings. The Balaban J connectivity index is 1.90. The molecule has 0 amide bonds. The van der Waals surface area contributed by atoms with Crippen molar-refractivity contribution in [1.82, 2.24) is 0 Å². The monoisotopic (exact) mass is 398 g/mol. The highest BCUT2D eigenvalue weighted by atomic mass is 16.7. The van der Waals surface area contributed by atoms with Gasteiger partial charge in [-0.25, -0.2) is 0 Å². The molecule has 0 aromatic heterocycles. The summed E-state index contributed by atoms with van der Waals surface area (Å²) >= 11 is 0. The van der Waals surface area contributed by atoms with Crippen molar-refractivity contribution in [1.29, 1.82) is 0 Å². The first-order chi connectivity index (χ1) is 14.1. The van der Waals surface area contributed by atoms with Crippen LogP contribution in [0.25, 0.3) is 10.8 Å². The minimum absolute atomic E-state index is 0.0601. The number of hydrogen-bond acceptors (Lipinski definition) is 6. The fraction of sp³-hybridized carbons (Fsp3) is 0.478. The summed E-state index contributed by atoms with van der Waals surface area (Å²) in [4.78, 5) is 26.6. The molecule has 0 bridgehead atoms. The molecular weight excluding hydrogens is 372 g/mol. The molecule has 2 saturated heterocycles. The van der Waals surface area contributed by atoms with Crippen LogP contribution in [0.2, 0.25) is 0 Å². The maximum Gasteiger partial charge on any atom is 0.326 e. The average molecular weight is 398 g/mol. The first kappa shape index (κ1) is 19.9. The lowest BCUT2D eigenvalue weighted by atomic mass is 9.69. The second-order valence-electron chi connectivity index (χ2n) is 7.49. The van der Waals surface area contributed by atoms with Crippen molar-refractivity contribution in [3.05, 3.63) is 48.0 Å². The highest BCUT2D eigenvalue weighted by Gasteiger charge is 2.62. The molecule has 0 N–H and O–H groups in total. The quantitative estimate of drug-likeness (QED) is 0.564. The zero-order chi connectivity index (χ0) is 20.4. The molecule has 154 valence electrons. The number of hydrogen-bond donors (Lipinski definition) is 0. The molecule has 2 aliphatic rings. The molecule has 4 rings (SSSR count). The van der Waals surface area contributed by atoms with Crippen molar-refractivity contribution in [3.8, 4) is 0 Å². The van der Waals surface area contributed by atoms with E-state index in [1.807, 2.05) is 42.5 Å². The molecule has 2 aromatic carbocycles. The Labute approximate surface area is 170 Å². The molecule has 6 heteroatoms. The molecular formula is C23H26O6. The zero-order valence-electron chi connectivity index (χ0n) is 16.8. The zero-order valence-corrected chi connectivity index (χ0v) is 16.8. The van der Waals surface area contributed by atoms with Gasteiger partial charge in [-0.1, -0.05) is 42.5 Å². The minimum Gasteiger partial charge on any atom is -0.465 e. The lowest BCUT2D eigenvalue weighted by Gasteiger charge is -2.44. The third-order valence-corrected chi connectivity index (χ3v) is 5.84. The number of ether oxygens (including phenoxy) is 4. The maximum absolute atomic E-state index is 13.3. The third kappa shape index (κ3) is 3.30. The van der Waals surface area contributed by atoms with E-state index >= 15 is 0 Å². The van der Waals surface area contributed by atoms with Crippen molar-refractivity contribution >= 4 is 22.7 Å². The number of carbonyl (C=O) groups is 2. The van der Waals surface area contributed by atoms with Gasteiger partial charge in [0.2, 0.25) is 0 Å². The van der Waals surface area contributed by atoms with Crippen LogP contribution in [0, 0.1) is 11.3 Å². The minimum atomic E-state index is -1.56. The Hall–Kier alpha value is -2.44. The largest absolute Gasteiger partial charge is 0.465 e. The van der Waals surface area contributed by atoms with Crippen LogP contribution in [0.15, 0.2) is 42.5 Å². The van der Waals surface area contributed by atoms with Crippen LogP contribution in [-0.2, 0) is 28.5 Å². The van der Waals surface area contributed by atoms with Gasteiger partial charge in [-0.2, -0.15) is 0 Å². The second-order valence-corrected chi connectivity index (χ2v) is 7.49. The molecule has 2 fully saturated rings. The van der Waals surface area contributed by atoms with E-state index in [9.17, 15) is 9.59 Å². The van der Waals surface area contributed by atoms with Gasteiger partial charge < -0.3 is 18.9 Å². The molecule has 0 unspecified atom stereocenters. The number of benzene rings is 2. The summed E-state index contributed by atoms with van der Waals surface area (Å²) in [6.07, 6.45) is -0.293. The van der Waals surface area contributed by atoms with Crippen molar-refractivity contribution in [2.75, 3.05) is 19.8 Å². The third-order valence-electron chi connectivity index (χ3n) is 5.84. The Morgan fingerprint density at radius 2 is 1.72 bits per heavy atom. The van der Waals surface area contributed by atoms with E-state index in [2.05, 4.69) is 0 Å². The average Bonchev–Trinajstić information content (AvgIpc) is 3.19. The van der Waals surface area contributed by atoms with Crippen LogP contribution in [0.5, 0.6) is 0 Å². The van der Waals surface area contributed by atoms with E-state index in [-0.39, 0.29) is 25.6 Å². The van der Waals surface area contributed by atoms with Gasteiger partial charge in [0, 0.05) is 5.92 Å². The van der Waals surface area contributed by atoms with Crippen molar-refractivity contribution in [2.24, 2.45) is 11.3 Å². The topological polar surface area (TPSA) is 71.1 Å². The standard InChI is InChI=1S/C23H26O6/c1-3-26-21(24)23(22(25)27-4-2)14-16-12-13-28-20(16)29-19(23)18-11-7-9-15-8-5-6-10-17(15)18/h5-11,16,19-20H,3-4,12-14H2,1-2H3/t16-,19+,20+/m0/s1. The Morgan fingerprint density at radius 3 is 2.45 bits per heavy atom. The molecule has 0 saturated carbocycles. The van der Waals surface area contributed by atoms with Crippen LogP contribution >= 0.6 is 0 Å². The SMILES string of the molecule is CCOC(=O)C1(C(=O)OCC)C[C@@H]2CCO[C@@H]2O[C@@H]1c1cccc2ccccc12. The van der Waals surface area contributed by atoms with E-state index in [4.69, 9.17) is 18.9 Å². The Kier molecular flexibility index (Phi) is 5.56. The van der Waals surface area contributed by atoms with Crippen LogP contribution in [-0.4, -0.2) is 38.0 Å². The highest BCUT2D eigenvalue weighted by Crippen LogP contribution is 2.53. The van der Waals surface area contributed by atoms with Gasteiger partial charge >= 0.3 is 11.9 Å². The van der Waals surface area contributed by atoms with E-state index in [1.165, 1.54) is 0 Å². The van der Waals surface area contributed by atoms with Gasteiger partial charge in [-0.3, -0.25) is 9.59 Å². The van der Waals surface area contributed by atoms with Gasteiger partial charge in [0.15, 0.2) is 11.7 Å². The Bertz CT molecular complexity index is 884. The summed E-state index contributed by atoms with van der Waals surface area (Å²) < 4.78 is 22.9. The molecule has 29 heavy (non-hydrogen) atoms. The summed E-state index contributed by atoms with van der Waals surface area (Å²) in [5.74, 6) is -1.25. The summed E-state index contributed by atoms with van der Waals surface area (Å²) in [6, 6.07) is 13.6. The summed E-state index contributed by atoms with van der Waals surface area (Å²) in [6.45, 7) is 4.35. The van der Waals surface area contributed by atoms with Gasteiger partial charge in [0.05, 0.1) is 19.8 Å². The molecule has 2 aliphatic heterocycles. The molecule has 0 radical (unpaired) electrons. The molecule has 6 nitrogen and oxygen atoms in total. The molecule has 0 aliphatic carbocycles. The second kappa shape index (κ2) is 8.13. The van der Waals surface area contributed by atoms with Gasteiger partial charge in [0.1, 0.15) is 6.10 Å². The number of carbonyl (C=O) groups excluding carboxylic acids is 2. The van der Waals surface area contributed by atoms with E-state index < -0.39 is 29.7 Å². The maximum atomic E-state index is 13.3. The summed E-state index contributed by atoms with van der Waals surface area (Å²) in [7, 11) is 0. The summed E-state index contributed by atoms with van der Waals surface area (Å²) in [5.41, 5.74) is -0.802. The van der Waals surface area contributed by atoms with Crippen molar-refractivity contribution in [3.63, 3.8) is 0 Å². The number of rotatable bonds is 5. The van der Waals surface area contributed by atoms with Crippen LogP contribution in [0.4, 0.5) is 0 Å². The lowest BCUT2D eigenvalue weighted by Crippen LogP contribution is -2.53. The lowest BCUT2D eigenvalue weighted by molar-refractivity contribution is -0.242. The van der Waals surface area contributed by atoms with E-state index in [0.29, 0.717) is 6.61 Å². The first-order valence-electron chi connectivity index (χ1n) is 10.2. The Morgan fingerprint density at radius 1 is 1.03 bits per heavy atom. The number of fused-ring (bicyclic) bond motifs is 2. The predicted molar refractivity (Wildman–Crippen MR) is 106 cm³/mol. The number of esters is 2. The molecule has 2 heterocycles. The fourth-order valence-electron chi connectivity index (χ4n) is 4.53. The van der Waals surface area contributed by atoms with Crippen LogP contribution < -0.4 is 0 Å². The summed E-state index contributed by atoms with van der Waals surface area (Å²) in [5, 5.41) is 1.93. The molecule has 0 spiro atoms. The van der Waals surface area contributed by atoms with Gasteiger partial charge in [0.25, 0.3) is 0 Å². The predicted octanol–water partition coefficient (Wildman–Crippen LogP) is 3.78. The smallest absolute Gasteiger partial charge is 0.326 e. The first-order valence-corrected chi connectivity index (χ1v) is 10.2. The molecule has 3 atom stereocenters. The van der Waals surface area contributed by atoms with Gasteiger partial charge in [-0.15, -0.1) is 0 Å². The normalized spacial score (nSPS) is 25.4. The fourth-order valence-corrected chi connectivity index (χ4v) is 4.53. The highest BCUT2D eigenvalue weighted by molar-refractivity contribution is 6.02. The van der Waals surface area contributed by atoms with Crippen LogP contribution in [0.3, 0.4) is 0 Å². The van der Waals surface area contributed by atoms with Gasteiger partial charge in [-0.05, 0) is 43.0 Å².